The summed E-state index contributed by atoms with van der Waals surface area (Å²) >= 11 is 12.0. The van der Waals surface area contributed by atoms with Gasteiger partial charge in [0.15, 0.2) is 0 Å². The van der Waals surface area contributed by atoms with E-state index in [9.17, 15) is 4.79 Å². The van der Waals surface area contributed by atoms with E-state index < -0.39 is 0 Å². The lowest BCUT2D eigenvalue weighted by atomic mass is 10.1. The number of benzene rings is 2. The number of hydrogen-bond acceptors (Lipinski definition) is 4. The highest BCUT2D eigenvalue weighted by atomic mass is 35.5. The maximum Gasteiger partial charge on any atom is 0.258 e. The molecule has 1 aromatic heterocycles. The SMILES string of the molecule is N=C(c1ccc(CNc2ccc(Cl)cc2C(=O)Nc2ccc(Cl)cn2)cc1)N1CCCC1. The molecule has 164 valence electrons. The molecule has 1 fully saturated rings. The molecule has 32 heavy (non-hydrogen) atoms. The van der Waals surface area contributed by atoms with Gasteiger partial charge in [0.05, 0.1) is 10.6 Å². The lowest BCUT2D eigenvalue weighted by Crippen LogP contribution is -2.27. The molecule has 0 bridgehead atoms. The van der Waals surface area contributed by atoms with E-state index in [0.29, 0.717) is 39.5 Å². The van der Waals surface area contributed by atoms with Gasteiger partial charge in [-0.3, -0.25) is 10.2 Å². The van der Waals surface area contributed by atoms with E-state index in [0.717, 1.165) is 37.1 Å². The van der Waals surface area contributed by atoms with Crippen LogP contribution in [0.4, 0.5) is 11.5 Å². The molecule has 1 aliphatic rings. The van der Waals surface area contributed by atoms with Gasteiger partial charge in [-0.05, 0) is 48.7 Å². The molecule has 2 heterocycles. The van der Waals surface area contributed by atoms with Crippen molar-refractivity contribution in [2.45, 2.75) is 19.4 Å². The number of rotatable bonds is 6. The van der Waals surface area contributed by atoms with E-state index in [1.54, 1.807) is 30.3 Å². The molecular formula is C24H23Cl2N5O. The van der Waals surface area contributed by atoms with E-state index >= 15 is 0 Å². The van der Waals surface area contributed by atoms with Gasteiger partial charge in [-0.1, -0.05) is 47.5 Å². The Kier molecular flexibility index (Phi) is 6.93. The first-order chi connectivity index (χ1) is 15.5. The highest BCUT2D eigenvalue weighted by Gasteiger charge is 2.16. The smallest absolute Gasteiger partial charge is 0.258 e. The fraction of sp³-hybridized carbons (Fsp3) is 0.208. The lowest BCUT2D eigenvalue weighted by molar-refractivity contribution is 0.102. The van der Waals surface area contributed by atoms with Gasteiger partial charge in [-0.2, -0.15) is 0 Å². The van der Waals surface area contributed by atoms with Crippen molar-refractivity contribution in [3.8, 4) is 0 Å². The molecule has 0 atom stereocenters. The third kappa shape index (κ3) is 5.39. The average molecular weight is 468 g/mol. The number of nitrogens with zero attached hydrogens (tertiary/aromatic N) is 2. The van der Waals surface area contributed by atoms with Crippen molar-refractivity contribution >= 4 is 46.4 Å². The second kappa shape index (κ2) is 10.0. The van der Waals surface area contributed by atoms with Crippen LogP contribution in [-0.2, 0) is 6.54 Å². The highest BCUT2D eigenvalue weighted by molar-refractivity contribution is 6.31. The van der Waals surface area contributed by atoms with Gasteiger partial charge < -0.3 is 15.5 Å². The maximum atomic E-state index is 12.8. The number of carbonyl (C=O) groups is 1. The minimum Gasteiger partial charge on any atom is -0.380 e. The Morgan fingerprint density at radius 3 is 2.41 bits per heavy atom. The lowest BCUT2D eigenvalue weighted by Gasteiger charge is -2.18. The molecule has 2 aromatic carbocycles. The van der Waals surface area contributed by atoms with E-state index in [-0.39, 0.29) is 5.91 Å². The van der Waals surface area contributed by atoms with Gasteiger partial charge in [0.2, 0.25) is 0 Å². The first kappa shape index (κ1) is 22.1. The molecule has 0 radical (unpaired) electrons. The summed E-state index contributed by atoms with van der Waals surface area (Å²) in [6.45, 7) is 2.43. The van der Waals surface area contributed by atoms with Gasteiger partial charge in [0, 0.05) is 42.1 Å². The van der Waals surface area contributed by atoms with Crippen molar-refractivity contribution in [2.24, 2.45) is 0 Å². The summed E-state index contributed by atoms with van der Waals surface area (Å²) in [6, 6.07) is 16.4. The Morgan fingerprint density at radius 1 is 1.00 bits per heavy atom. The van der Waals surface area contributed by atoms with Crippen molar-refractivity contribution in [2.75, 3.05) is 23.7 Å². The van der Waals surface area contributed by atoms with Crippen LogP contribution < -0.4 is 10.6 Å². The molecule has 4 rings (SSSR count). The molecule has 0 spiro atoms. The van der Waals surface area contributed by atoms with Crippen molar-refractivity contribution in [3.05, 3.63) is 87.5 Å². The minimum atomic E-state index is -0.320. The van der Waals surface area contributed by atoms with Crippen LogP contribution in [-0.4, -0.2) is 34.7 Å². The molecule has 6 nitrogen and oxygen atoms in total. The van der Waals surface area contributed by atoms with Crippen LogP contribution in [0.5, 0.6) is 0 Å². The first-order valence-electron chi connectivity index (χ1n) is 10.4. The second-order valence-corrected chi connectivity index (χ2v) is 8.47. The summed E-state index contributed by atoms with van der Waals surface area (Å²) in [7, 11) is 0. The number of likely N-dealkylation sites (tertiary alicyclic amines) is 1. The van der Waals surface area contributed by atoms with Gasteiger partial charge in [-0.15, -0.1) is 0 Å². The number of anilines is 2. The number of halogens is 2. The number of carbonyl (C=O) groups excluding carboxylic acids is 1. The van der Waals surface area contributed by atoms with Gasteiger partial charge >= 0.3 is 0 Å². The minimum absolute atomic E-state index is 0.320. The molecule has 1 saturated heterocycles. The fourth-order valence-corrected chi connectivity index (χ4v) is 3.88. The van der Waals surface area contributed by atoms with Crippen molar-refractivity contribution in [3.63, 3.8) is 0 Å². The number of amides is 1. The maximum absolute atomic E-state index is 12.8. The van der Waals surface area contributed by atoms with E-state index in [1.807, 2.05) is 24.3 Å². The summed E-state index contributed by atoms with van der Waals surface area (Å²) < 4.78 is 0. The van der Waals surface area contributed by atoms with Crippen molar-refractivity contribution < 1.29 is 4.79 Å². The Balaban J connectivity index is 1.43. The molecule has 0 aliphatic carbocycles. The molecule has 1 amide bonds. The largest absolute Gasteiger partial charge is 0.380 e. The number of nitrogens with one attached hydrogen (secondary N) is 3. The molecule has 3 aromatic rings. The first-order valence-corrected chi connectivity index (χ1v) is 11.1. The number of hydrogen-bond donors (Lipinski definition) is 3. The molecule has 0 unspecified atom stereocenters. The molecule has 1 aliphatic heterocycles. The number of pyridine rings is 1. The van der Waals surface area contributed by atoms with Crippen LogP contribution in [0.2, 0.25) is 10.0 Å². The van der Waals surface area contributed by atoms with Crippen LogP contribution in [0.1, 0.15) is 34.3 Å². The zero-order valence-corrected chi connectivity index (χ0v) is 18.9. The monoisotopic (exact) mass is 467 g/mol. The topological polar surface area (TPSA) is 81.1 Å². The Hall–Kier alpha value is -3.09. The van der Waals surface area contributed by atoms with Gasteiger partial charge in [-0.25, -0.2) is 4.98 Å². The zero-order valence-electron chi connectivity index (χ0n) is 17.4. The molecule has 8 heteroatoms. The van der Waals surface area contributed by atoms with Crippen molar-refractivity contribution in [1.29, 1.82) is 5.41 Å². The summed E-state index contributed by atoms with van der Waals surface area (Å²) in [5, 5.41) is 15.4. The average Bonchev–Trinajstić information content (AvgIpc) is 3.34. The van der Waals surface area contributed by atoms with E-state index in [1.165, 1.54) is 6.20 Å². The highest BCUT2D eigenvalue weighted by Crippen LogP contribution is 2.23. The quantitative estimate of drug-likeness (QED) is 0.322. The normalized spacial score (nSPS) is 13.1. The molecule has 0 saturated carbocycles. The Labute approximate surface area is 197 Å². The van der Waals surface area contributed by atoms with Crippen molar-refractivity contribution in [1.82, 2.24) is 9.88 Å². The summed E-state index contributed by atoms with van der Waals surface area (Å²) in [5.74, 6) is 0.662. The standard InChI is InChI=1S/C24H23Cl2N5O/c25-18-7-9-21(20(13-18)24(32)30-22-10-8-19(26)15-29-22)28-14-16-3-5-17(6-4-16)23(27)31-11-1-2-12-31/h3-10,13,15,27-28H,1-2,11-12,14H2,(H,29,30,32). The van der Waals surface area contributed by atoms with Crippen LogP contribution in [0.25, 0.3) is 0 Å². The second-order valence-electron chi connectivity index (χ2n) is 7.60. The predicted molar refractivity (Wildman–Crippen MR) is 130 cm³/mol. The van der Waals surface area contributed by atoms with Crippen LogP contribution in [0, 0.1) is 5.41 Å². The summed E-state index contributed by atoms with van der Waals surface area (Å²) in [6.07, 6.45) is 3.77. The van der Waals surface area contributed by atoms with Crippen LogP contribution >= 0.6 is 23.2 Å². The zero-order chi connectivity index (χ0) is 22.5. The number of amidine groups is 1. The van der Waals surface area contributed by atoms with Crippen LogP contribution in [0.15, 0.2) is 60.8 Å². The van der Waals surface area contributed by atoms with E-state index in [4.69, 9.17) is 28.6 Å². The predicted octanol–water partition coefficient (Wildman–Crippen LogP) is 5.67. The Morgan fingerprint density at radius 2 is 1.72 bits per heavy atom. The summed E-state index contributed by atoms with van der Waals surface area (Å²) in [5.41, 5.74) is 3.04. The third-order valence-corrected chi connectivity index (χ3v) is 5.79. The fourth-order valence-electron chi connectivity index (χ4n) is 3.59. The van der Waals surface area contributed by atoms with E-state index in [2.05, 4.69) is 20.5 Å². The Bertz CT molecular complexity index is 1110. The van der Waals surface area contributed by atoms with Gasteiger partial charge in [0.1, 0.15) is 11.7 Å². The summed E-state index contributed by atoms with van der Waals surface area (Å²) in [4.78, 5) is 19.0. The van der Waals surface area contributed by atoms with Gasteiger partial charge in [0.25, 0.3) is 5.91 Å². The molecular weight excluding hydrogens is 445 g/mol. The third-order valence-electron chi connectivity index (χ3n) is 5.33. The van der Waals surface area contributed by atoms with Crippen LogP contribution in [0.3, 0.4) is 0 Å². The molecule has 3 N–H and O–H groups in total. The number of aromatic nitrogens is 1.